The molecule has 1 amide bonds. The van der Waals surface area contributed by atoms with E-state index in [0.717, 1.165) is 6.42 Å². The number of aromatic nitrogens is 2. The molecule has 9 heteroatoms. The average Bonchev–Trinajstić information content (AvgIpc) is 3.22. The Bertz CT molecular complexity index is 1050. The molecule has 1 aromatic heterocycles. The summed E-state index contributed by atoms with van der Waals surface area (Å²) in [5.74, 6) is -0.206. The van der Waals surface area contributed by atoms with Gasteiger partial charge in [0.2, 0.25) is 11.7 Å². The number of benzene rings is 2. The lowest BCUT2D eigenvalue weighted by atomic mass is 10.1. The van der Waals surface area contributed by atoms with Gasteiger partial charge in [-0.05, 0) is 31.5 Å². The highest BCUT2D eigenvalue weighted by Gasteiger charge is 2.22. The van der Waals surface area contributed by atoms with E-state index in [1.54, 1.807) is 23.1 Å². The second kappa shape index (κ2) is 9.25. The number of non-ortho nitro benzene ring substituents is 1. The van der Waals surface area contributed by atoms with Gasteiger partial charge in [-0.3, -0.25) is 14.9 Å². The first-order chi connectivity index (χ1) is 14.4. The number of carbonyl (C=O) groups excluding carboxylic acids is 1. The lowest BCUT2D eigenvalue weighted by molar-refractivity contribution is -0.384. The Morgan fingerprint density at radius 3 is 2.73 bits per heavy atom. The van der Waals surface area contributed by atoms with E-state index in [1.165, 1.54) is 30.3 Å². The first-order valence-electron chi connectivity index (χ1n) is 9.53. The Balaban J connectivity index is 1.74. The predicted molar refractivity (Wildman–Crippen MR) is 107 cm³/mol. The van der Waals surface area contributed by atoms with E-state index < -0.39 is 10.7 Å². The van der Waals surface area contributed by atoms with Crippen LogP contribution < -0.4 is 0 Å². The third-order valence-electron chi connectivity index (χ3n) is 4.81. The lowest BCUT2D eigenvalue weighted by Gasteiger charge is -2.28. The standard InChI is InChI=1S/C21H21FN4O4/c1-3-14(2)25(21(27)16-7-4-8-17(22)12-16)11-10-19-23-20(24-30-19)15-6-5-9-18(13-15)26(28)29/h4-9,12-14H,3,10-11H2,1-2H3/t14-/m1/s1. The summed E-state index contributed by atoms with van der Waals surface area (Å²) in [5, 5.41) is 14.8. The Kier molecular flexibility index (Phi) is 6.51. The summed E-state index contributed by atoms with van der Waals surface area (Å²) in [6.07, 6.45) is 1.02. The van der Waals surface area contributed by atoms with Crippen molar-refractivity contribution in [1.82, 2.24) is 15.0 Å². The SMILES string of the molecule is CC[C@@H](C)N(CCc1nc(-c2cccc([N+](=O)[O-])c2)no1)C(=O)c1cccc(F)c1. The molecule has 0 saturated heterocycles. The number of nitro groups is 1. The molecule has 0 aliphatic rings. The predicted octanol–water partition coefficient (Wildman–Crippen LogP) is 4.27. The zero-order valence-corrected chi connectivity index (χ0v) is 16.6. The number of carbonyl (C=O) groups is 1. The number of hydrogen-bond acceptors (Lipinski definition) is 6. The molecule has 1 atom stereocenters. The zero-order valence-electron chi connectivity index (χ0n) is 16.6. The maximum atomic E-state index is 13.5. The maximum Gasteiger partial charge on any atom is 0.270 e. The van der Waals surface area contributed by atoms with Gasteiger partial charge in [-0.15, -0.1) is 0 Å². The van der Waals surface area contributed by atoms with E-state index in [4.69, 9.17) is 4.52 Å². The molecule has 0 spiro atoms. The molecule has 156 valence electrons. The molecule has 3 aromatic rings. The quantitative estimate of drug-likeness (QED) is 0.404. The first kappa shape index (κ1) is 21.1. The van der Waals surface area contributed by atoms with Crippen LogP contribution in [0.3, 0.4) is 0 Å². The molecular weight excluding hydrogens is 391 g/mol. The fraction of sp³-hybridized carbons (Fsp3) is 0.286. The maximum absolute atomic E-state index is 13.5. The van der Waals surface area contributed by atoms with Crippen LogP contribution in [-0.2, 0) is 6.42 Å². The van der Waals surface area contributed by atoms with Gasteiger partial charge >= 0.3 is 0 Å². The second-order valence-corrected chi connectivity index (χ2v) is 6.84. The van der Waals surface area contributed by atoms with Crippen LogP contribution >= 0.6 is 0 Å². The van der Waals surface area contributed by atoms with Crippen molar-refractivity contribution >= 4 is 11.6 Å². The van der Waals surface area contributed by atoms with Crippen molar-refractivity contribution in [2.75, 3.05) is 6.54 Å². The van der Waals surface area contributed by atoms with Crippen molar-refractivity contribution in [3.8, 4) is 11.4 Å². The molecule has 0 aliphatic heterocycles. The topological polar surface area (TPSA) is 102 Å². The minimum atomic E-state index is -0.494. The molecule has 0 fully saturated rings. The van der Waals surface area contributed by atoms with Gasteiger partial charge in [0.1, 0.15) is 5.82 Å². The largest absolute Gasteiger partial charge is 0.339 e. The number of nitro benzene ring substituents is 1. The summed E-state index contributed by atoms with van der Waals surface area (Å²) in [6, 6.07) is 11.5. The van der Waals surface area contributed by atoms with E-state index in [9.17, 15) is 19.3 Å². The Hall–Kier alpha value is -3.62. The minimum Gasteiger partial charge on any atom is -0.339 e. The van der Waals surface area contributed by atoms with Crippen molar-refractivity contribution in [3.63, 3.8) is 0 Å². The minimum absolute atomic E-state index is 0.0671. The normalized spacial score (nSPS) is 11.8. The molecule has 0 radical (unpaired) electrons. The van der Waals surface area contributed by atoms with Gasteiger partial charge in [0.05, 0.1) is 4.92 Å². The van der Waals surface area contributed by atoms with Crippen LogP contribution in [-0.4, -0.2) is 38.5 Å². The molecule has 3 rings (SSSR count). The van der Waals surface area contributed by atoms with Crippen molar-refractivity contribution in [2.45, 2.75) is 32.7 Å². The molecule has 0 unspecified atom stereocenters. The van der Waals surface area contributed by atoms with Crippen molar-refractivity contribution in [1.29, 1.82) is 0 Å². The average molecular weight is 412 g/mol. The van der Waals surface area contributed by atoms with E-state index in [1.807, 2.05) is 13.8 Å². The summed E-state index contributed by atoms with van der Waals surface area (Å²) in [4.78, 5) is 29.3. The lowest BCUT2D eigenvalue weighted by Crippen LogP contribution is -2.39. The molecule has 0 aliphatic carbocycles. The van der Waals surface area contributed by atoms with Gasteiger partial charge in [0.15, 0.2) is 0 Å². The number of amides is 1. The van der Waals surface area contributed by atoms with Gasteiger partial charge in [0, 0.05) is 42.3 Å². The zero-order chi connectivity index (χ0) is 21.7. The fourth-order valence-electron chi connectivity index (χ4n) is 2.98. The van der Waals surface area contributed by atoms with Crippen LogP contribution in [0.15, 0.2) is 53.1 Å². The van der Waals surface area contributed by atoms with Crippen LogP contribution in [0.25, 0.3) is 11.4 Å². The fourth-order valence-corrected chi connectivity index (χ4v) is 2.98. The van der Waals surface area contributed by atoms with E-state index >= 15 is 0 Å². The van der Waals surface area contributed by atoms with Crippen LogP contribution in [0.5, 0.6) is 0 Å². The van der Waals surface area contributed by atoms with Gasteiger partial charge in [-0.25, -0.2) is 4.39 Å². The number of nitrogens with zero attached hydrogens (tertiary/aromatic N) is 4. The number of halogens is 1. The Morgan fingerprint density at radius 1 is 1.27 bits per heavy atom. The molecule has 1 heterocycles. The van der Waals surface area contributed by atoms with Crippen LogP contribution in [0.4, 0.5) is 10.1 Å². The highest BCUT2D eigenvalue weighted by Crippen LogP contribution is 2.22. The summed E-state index contributed by atoms with van der Waals surface area (Å²) in [5.41, 5.74) is 0.675. The number of hydrogen-bond donors (Lipinski definition) is 0. The monoisotopic (exact) mass is 412 g/mol. The molecule has 8 nitrogen and oxygen atoms in total. The molecule has 2 aromatic carbocycles. The van der Waals surface area contributed by atoms with Crippen molar-refractivity contribution in [2.24, 2.45) is 0 Å². The molecule has 0 N–H and O–H groups in total. The van der Waals surface area contributed by atoms with Gasteiger partial charge < -0.3 is 9.42 Å². The highest BCUT2D eigenvalue weighted by molar-refractivity contribution is 5.94. The number of rotatable bonds is 8. The highest BCUT2D eigenvalue weighted by atomic mass is 19.1. The summed E-state index contributed by atoms with van der Waals surface area (Å²) < 4.78 is 18.8. The van der Waals surface area contributed by atoms with E-state index in [2.05, 4.69) is 10.1 Å². The second-order valence-electron chi connectivity index (χ2n) is 6.84. The molecule has 30 heavy (non-hydrogen) atoms. The van der Waals surface area contributed by atoms with Crippen molar-refractivity contribution < 1.29 is 18.6 Å². The smallest absolute Gasteiger partial charge is 0.270 e. The third-order valence-corrected chi connectivity index (χ3v) is 4.81. The van der Waals surface area contributed by atoms with Gasteiger partial charge in [0.25, 0.3) is 11.6 Å². The third kappa shape index (κ3) is 4.86. The van der Waals surface area contributed by atoms with Gasteiger partial charge in [-0.1, -0.05) is 30.3 Å². The Morgan fingerprint density at radius 2 is 2.03 bits per heavy atom. The summed E-state index contributed by atoms with van der Waals surface area (Å²) in [6.45, 7) is 4.18. The first-order valence-corrected chi connectivity index (χ1v) is 9.53. The van der Waals surface area contributed by atoms with Gasteiger partial charge in [-0.2, -0.15) is 4.98 Å². The Labute approximate surface area is 172 Å². The van der Waals surface area contributed by atoms with E-state index in [0.29, 0.717) is 24.4 Å². The molecular formula is C21H21FN4O4. The van der Waals surface area contributed by atoms with Crippen molar-refractivity contribution in [3.05, 3.63) is 75.9 Å². The van der Waals surface area contributed by atoms with Crippen LogP contribution in [0.2, 0.25) is 0 Å². The van der Waals surface area contributed by atoms with Crippen LogP contribution in [0, 0.1) is 15.9 Å². The summed E-state index contributed by atoms with van der Waals surface area (Å²) in [7, 11) is 0. The molecule has 0 bridgehead atoms. The summed E-state index contributed by atoms with van der Waals surface area (Å²) >= 11 is 0. The molecule has 0 saturated carbocycles. The van der Waals surface area contributed by atoms with E-state index in [-0.39, 0.29) is 29.0 Å². The van der Waals surface area contributed by atoms with Crippen LogP contribution in [0.1, 0.15) is 36.5 Å².